The molecule has 0 aliphatic rings. The van der Waals surface area contributed by atoms with E-state index in [9.17, 15) is 0 Å². The van der Waals surface area contributed by atoms with Crippen molar-refractivity contribution in [2.75, 3.05) is 19.0 Å². The van der Waals surface area contributed by atoms with Crippen molar-refractivity contribution in [1.29, 1.82) is 0 Å². The third kappa shape index (κ3) is 2.41. The second-order valence-electron chi connectivity index (χ2n) is 3.78. The molecule has 0 amide bonds. The summed E-state index contributed by atoms with van der Waals surface area (Å²) >= 11 is 0. The van der Waals surface area contributed by atoms with Gasteiger partial charge in [-0.05, 0) is 11.6 Å². The van der Waals surface area contributed by atoms with Crippen LogP contribution in [-0.4, -0.2) is 14.1 Å². The van der Waals surface area contributed by atoms with Gasteiger partial charge in [0, 0.05) is 25.3 Å². The molecule has 84 valence electrons. The first kappa shape index (κ1) is 12.3. The molecular formula is C14H18N2. The van der Waals surface area contributed by atoms with Gasteiger partial charge in [0.25, 0.3) is 0 Å². The fraction of sp³-hybridized carbons (Fsp3) is 0.143. The molecule has 16 heavy (non-hydrogen) atoms. The summed E-state index contributed by atoms with van der Waals surface area (Å²) in [6.07, 6.45) is 0. The van der Waals surface area contributed by atoms with Crippen molar-refractivity contribution < 1.29 is 0 Å². The molecule has 0 heterocycles. The molecule has 0 unspecified atom stereocenters. The summed E-state index contributed by atoms with van der Waals surface area (Å²) < 4.78 is 0. The normalized spacial score (nSPS) is 9.38. The molecule has 0 spiro atoms. The van der Waals surface area contributed by atoms with Gasteiger partial charge < -0.3 is 11.1 Å². The minimum atomic E-state index is 0. The van der Waals surface area contributed by atoms with Crippen LogP contribution in [0.2, 0.25) is 0 Å². The third-order valence-electron chi connectivity index (χ3n) is 2.47. The summed E-state index contributed by atoms with van der Waals surface area (Å²) in [4.78, 5) is 2.14. The van der Waals surface area contributed by atoms with Gasteiger partial charge in [-0.15, -0.1) is 0 Å². The lowest BCUT2D eigenvalue weighted by Crippen LogP contribution is -2.09. The van der Waals surface area contributed by atoms with Gasteiger partial charge in [-0.2, -0.15) is 0 Å². The third-order valence-corrected chi connectivity index (χ3v) is 2.47. The van der Waals surface area contributed by atoms with Gasteiger partial charge in [-0.3, -0.25) is 0 Å². The van der Waals surface area contributed by atoms with E-state index in [0.29, 0.717) is 0 Å². The Labute approximate surface area is 97.1 Å². The monoisotopic (exact) mass is 214 g/mol. The Bertz CT molecular complexity index is 435. The minimum absolute atomic E-state index is 0. The summed E-state index contributed by atoms with van der Waals surface area (Å²) in [6, 6.07) is 18.9. The Morgan fingerprint density at radius 1 is 0.750 bits per heavy atom. The van der Waals surface area contributed by atoms with E-state index in [1.165, 1.54) is 16.8 Å². The van der Waals surface area contributed by atoms with E-state index in [0.717, 1.165) is 0 Å². The van der Waals surface area contributed by atoms with Crippen LogP contribution in [0.1, 0.15) is 0 Å². The standard InChI is InChI=1S/C14H15N.H3N/c1-15(2)14-11-7-6-10-13(14)12-8-4-3-5-9-12;/h3-11H,1-2H3;1H3. The highest BCUT2D eigenvalue weighted by Crippen LogP contribution is 2.28. The van der Waals surface area contributed by atoms with Crippen molar-refractivity contribution in [3.05, 3.63) is 54.6 Å². The number of nitrogens with zero attached hydrogens (tertiary/aromatic N) is 1. The molecule has 2 rings (SSSR count). The number of rotatable bonds is 2. The van der Waals surface area contributed by atoms with Crippen molar-refractivity contribution in [3.8, 4) is 11.1 Å². The first-order chi connectivity index (χ1) is 7.29. The average molecular weight is 214 g/mol. The molecular weight excluding hydrogens is 196 g/mol. The van der Waals surface area contributed by atoms with E-state index in [1.807, 2.05) is 6.07 Å². The van der Waals surface area contributed by atoms with Crippen LogP contribution in [0.25, 0.3) is 11.1 Å². The van der Waals surface area contributed by atoms with Gasteiger partial charge in [0.15, 0.2) is 0 Å². The van der Waals surface area contributed by atoms with E-state index >= 15 is 0 Å². The summed E-state index contributed by atoms with van der Waals surface area (Å²) in [5.41, 5.74) is 3.80. The maximum atomic E-state index is 2.16. The van der Waals surface area contributed by atoms with Crippen molar-refractivity contribution in [1.82, 2.24) is 6.15 Å². The maximum absolute atomic E-state index is 2.16. The summed E-state index contributed by atoms with van der Waals surface area (Å²) in [5, 5.41) is 0. The maximum Gasteiger partial charge on any atom is 0.0440 e. The molecule has 0 saturated heterocycles. The quantitative estimate of drug-likeness (QED) is 0.829. The number of anilines is 1. The lowest BCUT2D eigenvalue weighted by atomic mass is 10.0. The molecule has 2 nitrogen and oxygen atoms in total. The van der Waals surface area contributed by atoms with Crippen LogP contribution >= 0.6 is 0 Å². The molecule has 0 fully saturated rings. The molecule has 0 bridgehead atoms. The zero-order chi connectivity index (χ0) is 10.7. The second kappa shape index (κ2) is 5.33. The van der Waals surface area contributed by atoms with E-state index in [1.54, 1.807) is 0 Å². The molecule has 0 saturated carbocycles. The highest BCUT2D eigenvalue weighted by atomic mass is 15.1. The van der Waals surface area contributed by atoms with E-state index in [4.69, 9.17) is 0 Å². The largest absolute Gasteiger partial charge is 0.377 e. The molecule has 3 N–H and O–H groups in total. The Morgan fingerprint density at radius 2 is 1.31 bits per heavy atom. The molecule has 0 radical (unpaired) electrons. The second-order valence-corrected chi connectivity index (χ2v) is 3.78. The zero-order valence-electron chi connectivity index (χ0n) is 9.85. The lowest BCUT2D eigenvalue weighted by molar-refractivity contribution is 1.13. The van der Waals surface area contributed by atoms with Crippen molar-refractivity contribution in [2.24, 2.45) is 0 Å². The molecule has 2 heteroatoms. The van der Waals surface area contributed by atoms with Crippen molar-refractivity contribution in [2.45, 2.75) is 0 Å². The van der Waals surface area contributed by atoms with Gasteiger partial charge >= 0.3 is 0 Å². The van der Waals surface area contributed by atoms with Crippen LogP contribution in [0.3, 0.4) is 0 Å². The highest BCUT2D eigenvalue weighted by molar-refractivity contribution is 5.78. The number of hydrogen-bond acceptors (Lipinski definition) is 2. The fourth-order valence-electron chi connectivity index (χ4n) is 1.73. The van der Waals surface area contributed by atoms with Gasteiger partial charge in [0.05, 0.1) is 0 Å². The first-order valence-corrected chi connectivity index (χ1v) is 5.11. The SMILES string of the molecule is CN(C)c1ccccc1-c1ccccc1.N. The van der Waals surface area contributed by atoms with Crippen molar-refractivity contribution >= 4 is 5.69 Å². The predicted octanol–water partition coefficient (Wildman–Crippen LogP) is 3.58. The molecule has 0 aromatic heterocycles. The number of benzene rings is 2. The summed E-state index contributed by atoms with van der Waals surface area (Å²) in [5.74, 6) is 0. The smallest absolute Gasteiger partial charge is 0.0440 e. The first-order valence-electron chi connectivity index (χ1n) is 5.11. The minimum Gasteiger partial charge on any atom is -0.377 e. The molecule has 0 aliphatic carbocycles. The van der Waals surface area contributed by atoms with Crippen LogP contribution < -0.4 is 11.1 Å². The topological polar surface area (TPSA) is 38.2 Å². The highest BCUT2D eigenvalue weighted by Gasteiger charge is 2.04. The Kier molecular flexibility index (Phi) is 4.09. The molecule has 0 aliphatic heterocycles. The average Bonchev–Trinajstić information content (AvgIpc) is 2.30. The zero-order valence-corrected chi connectivity index (χ0v) is 9.85. The summed E-state index contributed by atoms with van der Waals surface area (Å²) in [7, 11) is 4.14. The van der Waals surface area contributed by atoms with Crippen LogP contribution in [-0.2, 0) is 0 Å². The van der Waals surface area contributed by atoms with Gasteiger partial charge in [-0.25, -0.2) is 0 Å². The summed E-state index contributed by atoms with van der Waals surface area (Å²) in [6.45, 7) is 0. The van der Waals surface area contributed by atoms with Crippen LogP contribution in [0.4, 0.5) is 5.69 Å². The van der Waals surface area contributed by atoms with Crippen molar-refractivity contribution in [3.63, 3.8) is 0 Å². The molecule has 0 atom stereocenters. The van der Waals surface area contributed by atoms with Gasteiger partial charge in [0.2, 0.25) is 0 Å². The fourth-order valence-corrected chi connectivity index (χ4v) is 1.73. The van der Waals surface area contributed by atoms with E-state index in [-0.39, 0.29) is 6.15 Å². The van der Waals surface area contributed by atoms with Crippen LogP contribution in [0.15, 0.2) is 54.6 Å². The number of para-hydroxylation sites is 1. The van der Waals surface area contributed by atoms with Crippen LogP contribution in [0.5, 0.6) is 0 Å². The Morgan fingerprint density at radius 3 is 1.94 bits per heavy atom. The van der Waals surface area contributed by atoms with Crippen LogP contribution in [0, 0.1) is 0 Å². The number of hydrogen-bond donors (Lipinski definition) is 1. The van der Waals surface area contributed by atoms with Gasteiger partial charge in [-0.1, -0.05) is 48.5 Å². The van der Waals surface area contributed by atoms with E-state index in [2.05, 4.69) is 67.5 Å². The lowest BCUT2D eigenvalue weighted by Gasteiger charge is -2.17. The Balaban J connectivity index is 0.00000128. The Hall–Kier alpha value is -1.80. The molecule has 2 aromatic carbocycles. The van der Waals surface area contributed by atoms with E-state index < -0.39 is 0 Å². The predicted molar refractivity (Wildman–Crippen MR) is 71.2 cm³/mol. The van der Waals surface area contributed by atoms with Gasteiger partial charge in [0.1, 0.15) is 0 Å². The molecule has 2 aromatic rings.